The molecule has 0 aromatic heterocycles. The Morgan fingerprint density at radius 1 is 1.12 bits per heavy atom. The molecule has 1 N–H and O–H groups in total. The van der Waals surface area contributed by atoms with Gasteiger partial charge in [-0.2, -0.15) is 0 Å². The van der Waals surface area contributed by atoms with Crippen LogP contribution in [0.25, 0.3) is 6.08 Å². The van der Waals surface area contributed by atoms with Crippen LogP contribution in [0.5, 0.6) is 11.5 Å². The van der Waals surface area contributed by atoms with Gasteiger partial charge in [-0.25, -0.2) is 14.1 Å². The monoisotopic (exact) mass is 530 g/mol. The third kappa shape index (κ3) is 5.02. The van der Waals surface area contributed by atoms with E-state index in [1.807, 2.05) is 0 Å². The molecule has 3 amide bonds. The van der Waals surface area contributed by atoms with Gasteiger partial charge in [0.25, 0.3) is 5.91 Å². The van der Waals surface area contributed by atoms with Crippen LogP contribution in [0.3, 0.4) is 0 Å². The summed E-state index contributed by atoms with van der Waals surface area (Å²) in [5, 5.41) is 2.99. The SMILES string of the molecule is COc1cc(/C=C2/NC(=O)N(c3cccc(Cl)c3)C2=O)cc(Br)c1OCc1ccc(F)cc1. The van der Waals surface area contributed by atoms with E-state index in [0.29, 0.717) is 32.2 Å². The van der Waals surface area contributed by atoms with Crippen molar-refractivity contribution in [2.75, 3.05) is 12.0 Å². The summed E-state index contributed by atoms with van der Waals surface area (Å²) >= 11 is 9.46. The average Bonchev–Trinajstić information content (AvgIpc) is 3.06. The molecular weight excluding hydrogens is 515 g/mol. The van der Waals surface area contributed by atoms with Crippen molar-refractivity contribution in [2.24, 2.45) is 0 Å². The van der Waals surface area contributed by atoms with E-state index >= 15 is 0 Å². The molecule has 168 valence electrons. The van der Waals surface area contributed by atoms with Gasteiger partial charge in [-0.05, 0) is 75.6 Å². The van der Waals surface area contributed by atoms with Crippen LogP contribution in [-0.2, 0) is 11.4 Å². The van der Waals surface area contributed by atoms with E-state index in [1.54, 1.807) is 48.5 Å². The van der Waals surface area contributed by atoms with E-state index in [-0.39, 0.29) is 18.1 Å². The Balaban J connectivity index is 1.58. The van der Waals surface area contributed by atoms with Crippen molar-refractivity contribution in [3.63, 3.8) is 0 Å². The van der Waals surface area contributed by atoms with Crippen LogP contribution in [0.1, 0.15) is 11.1 Å². The first-order valence-corrected chi connectivity index (χ1v) is 10.9. The van der Waals surface area contributed by atoms with Crippen LogP contribution >= 0.6 is 27.5 Å². The summed E-state index contributed by atoms with van der Waals surface area (Å²) in [5.41, 5.74) is 1.87. The largest absolute Gasteiger partial charge is 0.493 e. The maximum Gasteiger partial charge on any atom is 0.333 e. The summed E-state index contributed by atoms with van der Waals surface area (Å²) in [6, 6.07) is 15.3. The lowest BCUT2D eigenvalue weighted by molar-refractivity contribution is -0.113. The summed E-state index contributed by atoms with van der Waals surface area (Å²) in [7, 11) is 1.49. The lowest BCUT2D eigenvalue weighted by atomic mass is 10.1. The quantitative estimate of drug-likeness (QED) is 0.316. The van der Waals surface area contributed by atoms with Gasteiger partial charge in [0.05, 0.1) is 17.3 Å². The second-order valence-electron chi connectivity index (χ2n) is 7.06. The second-order valence-corrected chi connectivity index (χ2v) is 8.35. The maximum absolute atomic E-state index is 13.1. The molecule has 1 aliphatic rings. The molecule has 0 saturated carbocycles. The molecule has 9 heteroatoms. The number of benzene rings is 3. The van der Waals surface area contributed by atoms with E-state index < -0.39 is 11.9 Å². The Morgan fingerprint density at radius 2 is 1.88 bits per heavy atom. The topological polar surface area (TPSA) is 67.9 Å². The first-order valence-electron chi connectivity index (χ1n) is 9.73. The zero-order valence-electron chi connectivity index (χ0n) is 17.3. The van der Waals surface area contributed by atoms with Crippen molar-refractivity contribution in [1.29, 1.82) is 0 Å². The fraction of sp³-hybridized carbons (Fsp3) is 0.0833. The number of rotatable bonds is 6. The molecule has 3 aromatic rings. The minimum absolute atomic E-state index is 0.105. The van der Waals surface area contributed by atoms with Crippen LogP contribution in [0, 0.1) is 5.82 Å². The lowest BCUT2D eigenvalue weighted by Gasteiger charge is -2.14. The van der Waals surface area contributed by atoms with Gasteiger partial charge in [0.15, 0.2) is 11.5 Å². The Morgan fingerprint density at radius 3 is 2.58 bits per heavy atom. The highest BCUT2D eigenvalue weighted by Gasteiger charge is 2.35. The molecule has 3 aromatic carbocycles. The summed E-state index contributed by atoms with van der Waals surface area (Å²) in [6.07, 6.45) is 1.54. The molecule has 1 fully saturated rings. The van der Waals surface area contributed by atoms with Crippen LogP contribution in [0.15, 0.2) is 70.8 Å². The van der Waals surface area contributed by atoms with Crippen LogP contribution in [-0.4, -0.2) is 19.0 Å². The lowest BCUT2D eigenvalue weighted by Crippen LogP contribution is -2.30. The molecule has 0 bridgehead atoms. The number of nitrogens with zero attached hydrogens (tertiary/aromatic N) is 1. The number of halogens is 3. The number of methoxy groups -OCH3 is 1. The minimum atomic E-state index is -0.571. The van der Waals surface area contributed by atoms with E-state index in [2.05, 4.69) is 21.2 Å². The first-order chi connectivity index (χ1) is 15.9. The van der Waals surface area contributed by atoms with Crippen molar-refractivity contribution < 1.29 is 23.5 Å². The van der Waals surface area contributed by atoms with Crippen LogP contribution in [0.2, 0.25) is 5.02 Å². The van der Waals surface area contributed by atoms with Crippen molar-refractivity contribution in [2.45, 2.75) is 6.61 Å². The number of nitrogens with one attached hydrogen (secondary N) is 1. The molecular formula is C24H17BrClFN2O4. The van der Waals surface area contributed by atoms with Gasteiger partial charge in [-0.15, -0.1) is 0 Å². The third-order valence-electron chi connectivity index (χ3n) is 4.80. The number of carbonyl (C=O) groups is 2. The molecule has 0 atom stereocenters. The summed E-state index contributed by atoms with van der Waals surface area (Å²) in [5.74, 6) is 0.0412. The molecule has 0 aliphatic carbocycles. The summed E-state index contributed by atoms with van der Waals surface area (Å²) in [4.78, 5) is 26.3. The first kappa shape index (κ1) is 22.8. The zero-order valence-corrected chi connectivity index (χ0v) is 19.6. The van der Waals surface area contributed by atoms with E-state index in [4.69, 9.17) is 21.1 Å². The molecule has 4 rings (SSSR count). The van der Waals surface area contributed by atoms with E-state index in [1.165, 1.54) is 25.3 Å². The molecule has 0 spiro atoms. The van der Waals surface area contributed by atoms with E-state index in [0.717, 1.165) is 10.5 Å². The van der Waals surface area contributed by atoms with Crippen LogP contribution in [0.4, 0.5) is 14.9 Å². The number of urea groups is 1. The van der Waals surface area contributed by atoms with Crippen LogP contribution < -0.4 is 19.7 Å². The van der Waals surface area contributed by atoms with Gasteiger partial charge in [-0.1, -0.05) is 29.8 Å². The molecule has 0 unspecified atom stereocenters. The van der Waals surface area contributed by atoms with Gasteiger partial charge in [0.2, 0.25) is 0 Å². The van der Waals surface area contributed by atoms with Crippen molar-refractivity contribution in [3.8, 4) is 11.5 Å². The van der Waals surface area contributed by atoms with Crippen molar-refractivity contribution >= 4 is 51.2 Å². The fourth-order valence-electron chi connectivity index (χ4n) is 3.25. The Bertz CT molecular complexity index is 1260. The molecule has 33 heavy (non-hydrogen) atoms. The normalized spacial score (nSPS) is 14.5. The molecule has 1 aliphatic heterocycles. The second kappa shape index (κ2) is 9.64. The molecule has 1 saturated heterocycles. The number of anilines is 1. The van der Waals surface area contributed by atoms with Gasteiger partial charge in [-0.3, -0.25) is 4.79 Å². The third-order valence-corrected chi connectivity index (χ3v) is 5.63. The number of hydrogen-bond donors (Lipinski definition) is 1. The minimum Gasteiger partial charge on any atom is -0.493 e. The Hall–Kier alpha value is -3.36. The highest BCUT2D eigenvalue weighted by atomic mass is 79.9. The zero-order chi connectivity index (χ0) is 23.5. The number of carbonyl (C=O) groups excluding carboxylic acids is 2. The van der Waals surface area contributed by atoms with E-state index in [9.17, 15) is 14.0 Å². The number of ether oxygens (including phenoxy) is 2. The Labute approximate surface area is 202 Å². The fourth-order valence-corrected chi connectivity index (χ4v) is 4.01. The van der Waals surface area contributed by atoms with Gasteiger partial charge in [0, 0.05) is 5.02 Å². The van der Waals surface area contributed by atoms with Gasteiger partial charge >= 0.3 is 6.03 Å². The standard InChI is InChI=1S/C24H17BrClFN2O4/c1-32-21-11-15(9-19(25)22(21)33-13-14-5-7-17(27)8-6-14)10-20-23(30)29(24(31)28-20)18-4-2-3-16(26)12-18/h2-12H,13H2,1H3,(H,28,31)/b20-10+. The predicted molar refractivity (Wildman–Crippen MR) is 127 cm³/mol. The summed E-state index contributed by atoms with van der Waals surface area (Å²) in [6.45, 7) is 0.207. The molecule has 0 radical (unpaired) electrons. The molecule has 6 nitrogen and oxygen atoms in total. The predicted octanol–water partition coefficient (Wildman–Crippen LogP) is 5.93. The van der Waals surface area contributed by atoms with Gasteiger partial charge < -0.3 is 14.8 Å². The number of hydrogen-bond acceptors (Lipinski definition) is 4. The average molecular weight is 532 g/mol. The highest BCUT2D eigenvalue weighted by molar-refractivity contribution is 9.10. The summed E-state index contributed by atoms with van der Waals surface area (Å²) < 4.78 is 25.0. The number of amides is 3. The number of imide groups is 1. The van der Waals surface area contributed by atoms with Gasteiger partial charge in [0.1, 0.15) is 18.1 Å². The Kier molecular flexibility index (Phi) is 6.67. The van der Waals surface area contributed by atoms with Crippen molar-refractivity contribution in [3.05, 3.63) is 92.8 Å². The maximum atomic E-state index is 13.1. The molecule has 1 heterocycles. The smallest absolute Gasteiger partial charge is 0.333 e. The highest BCUT2D eigenvalue weighted by Crippen LogP contribution is 2.38. The van der Waals surface area contributed by atoms with Crippen molar-refractivity contribution in [1.82, 2.24) is 5.32 Å².